The fraction of sp³-hybridized carbons (Fsp3) is 0.250. The van der Waals surface area contributed by atoms with Gasteiger partial charge in [-0.05, 0) is 5.56 Å². The number of nitrogens with one attached hydrogen (secondary N) is 1. The molecular weight excluding hydrogens is 190 g/mol. The molecule has 1 aliphatic rings. The summed E-state index contributed by atoms with van der Waals surface area (Å²) in [5, 5.41) is 11.1. The summed E-state index contributed by atoms with van der Waals surface area (Å²) in [5.41, 5.74) is 0.965. The second-order valence-corrected chi connectivity index (χ2v) is 2.74. The van der Waals surface area contributed by atoms with Crippen LogP contribution in [0, 0.1) is 0 Å². The molecule has 0 saturated carbocycles. The van der Waals surface area contributed by atoms with E-state index in [4.69, 9.17) is 5.11 Å². The molecule has 0 bridgehead atoms. The van der Waals surface area contributed by atoms with Crippen molar-refractivity contribution < 1.29 is 9.90 Å². The van der Waals surface area contributed by atoms with Gasteiger partial charge in [-0.1, -0.05) is 30.3 Å². The quantitative estimate of drug-likeness (QED) is 0.541. The first-order valence-corrected chi connectivity index (χ1v) is 4.74. The van der Waals surface area contributed by atoms with Crippen LogP contribution in [0.5, 0.6) is 0 Å². The zero-order valence-electron chi connectivity index (χ0n) is 8.78. The van der Waals surface area contributed by atoms with E-state index in [1.54, 1.807) is 0 Å². The third kappa shape index (κ3) is 6.46. The van der Waals surface area contributed by atoms with Crippen LogP contribution in [0.25, 0.3) is 0 Å². The summed E-state index contributed by atoms with van der Waals surface area (Å²) in [7, 11) is 0. The Morgan fingerprint density at radius 3 is 1.93 bits per heavy atom. The zero-order valence-corrected chi connectivity index (χ0v) is 8.78. The summed E-state index contributed by atoms with van der Waals surface area (Å²) in [4.78, 5) is 9.79. The average molecular weight is 207 g/mol. The first kappa shape index (κ1) is 13.4. The Hall–Kier alpha value is -1.61. The van der Waals surface area contributed by atoms with Gasteiger partial charge in [0.05, 0.1) is 6.61 Å². The van der Waals surface area contributed by atoms with Crippen LogP contribution in [-0.2, 0) is 11.4 Å². The van der Waals surface area contributed by atoms with Gasteiger partial charge in [-0.2, -0.15) is 0 Å². The molecule has 1 aromatic carbocycles. The van der Waals surface area contributed by atoms with Crippen molar-refractivity contribution in [3.8, 4) is 0 Å². The number of β-lactam (4-membered cyclic amide) rings is 1. The van der Waals surface area contributed by atoms with E-state index in [0.717, 1.165) is 18.5 Å². The van der Waals surface area contributed by atoms with E-state index in [2.05, 4.69) is 18.5 Å². The minimum atomic E-state index is 0.140. The second-order valence-electron chi connectivity index (χ2n) is 2.74. The lowest BCUT2D eigenvalue weighted by Gasteiger charge is -2.10. The fourth-order valence-corrected chi connectivity index (χ4v) is 0.810. The molecule has 1 heterocycles. The van der Waals surface area contributed by atoms with Gasteiger partial charge in [-0.3, -0.25) is 4.79 Å². The lowest BCUT2D eigenvalue weighted by molar-refractivity contribution is -0.125. The topological polar surface area (TPSA) is 49.3 Å². The normalized spacial score (nSPS) is 11.9. The number of rotatable bonds is 1. The lowest BCUT2D eigenvalue weighted by Crippen LogP contribution is -2.37. The van der Waals surface area contributed by atoms with E-state index < -0.39 is 0 Å². The van der Waals surface area contributed by atoms with Crippen molar-refractivity contribution in [3.05, 3.63) is 49.1 Å². The Morgan fingerprint density at radius 2 is 1.73 bits per heavy atom. The third-order valence-corrected chi connectivity index (χ3v) is 1.70. The van der Waals surface area contributed by atoms with Crippen LogP contribution in [-0.4, -0.2) is 17.6 Å². The minimum absolute atomic E-state index is 0.140. The molecule has 0 aromatic heterocycles. The summed E-state index contributed by atoms with van der Waals surface area (Å²) in [6.07, 6.45) is 0.736. The average Bonchev–Trinajstić information content (AvgIpc) is 2.31. The number of benzene rings is 1. The highest BCUT2D eigenvalue weighted by atomic mass is 16.3. The molecule has 3 nitrogen and oxygen atoms in total. The van der Waals surface area contributed by atoms with Crippen LogP contribution in [0.15, 0.2) is 43.5 Å². The lowest BCUT2D eigenvalue weighted by atomic mass is 10.2. The number of carbonyl (C=O) groups excluding carboxylic acids is 1. The Morgan fingerprint density at radius 1 is 1.27 bits per heavy atom. The van der Waals surface area contributed by atoms with Crippen molar-refractivity contribution in [2.24, 2.45) is 0 Å². The molecule has 0 unspecified atom stereocenters. The Bertz CT molecular complexity index is 266. The van der Waals surface area contributed by atoms with E-state index in [-0.39, 0.29) is 12.5 Å². The van der Waals surface area contributed by atoms with Crippen LogP contribution in [0.4, 0.5) is 0 Å². The van der Waals surface area contributed by atoms with Crippen molar-refractivity contribution in [2.75, 3.05) is 6.54 Å². The van der Waals surface area contributed by atoms with Gasteiger partial charge in [0.15, 0.2) is 0 Å². The smallest absolute Gasteiger partial charge is 0.221 e. The predicted molar refractivity (Wildman–Crippen MR) is 61.2 cm³/mol. The first-order chi connectivity index (χ1) is 7.33. The summed E-state index contributed by atoms with van der Waals surface area (Å²) >= 11 is 0. The maximum absolute atomic E-state index is 9.79. The molecule has 2 rings (SSSR count). The Labute approximate surface area is 90.4 Å². The predicted octanol–water partition coefficient (Wildman–Crippen LogP) is 1.49. The van der Waals surface area contributed by atoms with Gasteiger partial charge in [-0.25, -0.2) is 0 Å². The maximum atomic E-state index is 9.79. The van der Waals surface area contributed by atoms with Crippen LogP contribution in [0.1, 0.15) is 12.0 Å². The molecule has 2 N–H and O–H groups in total. The molecule has 15 heavy (non-hydrogen) atoms. The van der Waals surface area contributed by atoms with E-state index in [1.807, 2.05) is 30.3 Å². The third-order valence-electron chi connectivity index (χ3n) is 1.70. The van der Waals surface area contributed by atoms with Crippen molar-refractivity contribution >= 4 is 5.91 Å². The molecule has 0 radical (unpaired) electrons. The van der Waals surface area contributed by atoms with Crippen molar-refractivity contribution in [2.45, 2.75) is 13.0 Å². The van der Waals surface area contributed by atoms with Crippen molar-refractivity contribution in [1.82, 2.24) is 5.32 Å². The highest BCUT2D eigenvalue weighted by molar-refractivity contribution is 5.81. The summed E-state index contributed by atoms with van der Waals surface area (Å²) in [5.74, 6) is 0.185. The number of aliphatic hydroxyl groups is 1. The molecule has 1 fully saturated rings. The zero-order chi connectivity index (χ0) is 11.5. The molecule has 0 spiro atoms. The van der Waals surface area contributed by atoms with E-state index >= 15 is 0 Å². The molecule has 82 valence electrons. The SMILES string of the molecule is C=C.O=C1CCN1.OCc1ccccc1. The Kier molecular flexibility index (Phi) is 8.00. The first-order valence-electron chi connectivity index (χ1n) is 4.74. The maximum Gasteiger partial charge on any atom is 0.221 e. The molecular formula is C12H17NO2. The number of aliphatic hydroxyl groups excluding tert-OH is 1. The van der Waals surface area contributed by atoms with Crippen LogP contribution >= 0.6 is 0 Å². The summed E-state index contributed by atoms with van der Waals surface area (Å²) < 4.78 is 0. The minimum Gasteiger partial charge on any atom is -0.392 e. The number of hydrogen-bond acceptors (Lipinski definition) is 2. The van der Waals surface area contributed by atoms with Gasteiger partial charge in [0, 0.05) is 13.0 Å². The van der Waals surface area contributed by atoms with E-state index in [1.165, 1.54) is 0 Å². The van der Waals surface area contributed by atoms with Gasteiger partial charge in [-0.15, -0.1) is 13.2 Å². The van der Waals surface area contributed by atoms with Gasteiger partial charge in [0.25, 0.3) is 0 Å². The number of hydrogen-bond donors (Lipinski definition) is 2. The highest BCUT2D eigenvalue weighted by Gasteiger charge is 2.07. The molecule has 0 atom stereocenters. The fourth-order valence-electron chi connectivity index (χ4n) is 0.810. The molecule has 1 aromatic rings. The van der Waals surface area contributed by atoms with Crippen LogP contribution in [0.3, 0.4) is 0 Å². The second kappa shape index (κ2) is 8.97. The van der Waals surface area contributed by atoms with Crippen molar-refractivity contribution in [3.63, 3.8) is 0 Å². The van der Waals surface area contributed by atoms with Gasteiger partial charge < -0.3 is 10.4 Å². The standard InChI is InChI=1S/C7H8O.C3H5NO.C2H4/c8-6-7-4-2-1-3-5-7;5-3-1-2-4-3;1-2/h1-5,8H,6H2;1-2H2,(H,4,5);1-2H2. The molecule has 0 aliphatic carbocycles. The molecule has 1 saturated heterocycles. The summed E-state index contributed by atoms with van der Waals surface area (Å²) in [6, 6.07) is 9.52. The number of amides is 1. The molecule has 3 heteroatoms. The van der Waals surface area contributed by atoms with Gasteiger partial charge in [0.1, 0.15) is 0 Å². The summed E-state index contributed by atoms with van der Waals surface area (Å²) in [6.45, 7) is 7.03. The monoisotopic (exact) mass is 207 g/mol. The largest absolute Gasteiger partial charge is 0.392 e. The van der Waals surface area contributed by atoms with Crippen LogP contribution < -0.4 is 5.32 Å². The molecule has 1 amide bonds. The van der Waals surface area contributed by atoms with Gasteiger partial charge in [0.2, 0.25) is 5.91 Å². The van der Waals surface area contributed by atoms with Crippen LogP contribution in [0.2, 0.25) is 0 Å². The van der Waals surface area contributed by atoms with E-state index in [9.17, 15) is 4.79 Å². The van der Waals surface area contributed by atoms with Gasteiger partial charge >= 0.3 is 0 Å². The molecule has 1 aliphatic heterocycles. The number of carbonyl (C=O) groups is 1. The Balaban J connectivity index is 0.000000241. The van der Waals surface area contributed by atoms with Crippen molar-refractivity contribution in [1.29, 1.82) is 0 Å². The van der Waals surface area contributed by atoms with E-state index in [0.29, 0.717) is 0 Å². The highest BCUT2D eigenvalue weighted by Crippen LogP contribution is 1.95.